The molecule has 2 aromatic rings. The molecule has 0 aromatic carbocycles. The maximum atomic E-state index is 12.1. The van der Waals surface area contributed by atoms with Crippen LogP contribution in [0.3, 0.4) is 0 Å². The average molecular weight is 537 g/mol. The Hall–Kier alpha value is -0.403. The van der Waals surface area contributed by atoms with E-state index in [0.29, 0.717) is 13.0 Å². The third kappa shape index (κ3) is 5.00. The molecular formula is C18H29N4O5PS3Si. The molecule has 0 spiro atoms. The van der Waals surface area contributed by atoms with E-state index in [1.165, 1.54) is 6.33 Å². The van der Waals surface area contributed by atoms with E-state index >= 15 is 0 Å². The maximum absolute atomic E-state index is 12.1. The van der Waals surface area contributed by atoms with Gasteiger partial charge in [0.25, 0.3) is 11.6 Å². The third-order valence-electron chi connectivity index (χ3n) is 6.14. The van der Waals surface area contributed by atoms with Crippen LogP contribution in [-0.2, 0) is 25.5 Å². The second kappa shape index (κ2) is 8.99. The van der Waals surface area contributed by atoms with Crippen LogP contribution < -0.4 is 5.56 Å². The Morgan fingerprint density at radius 2 is 2.09 bits per heavy atom. The molecule has 178 valence electrons. The standard InChI is InChI=1S/C18H29N4O5PS3Si/c1-18(2,3)32(4,5)27-11-8-13(26-12(11)9-25-28(29)30-6-7-31-28)22-10-19-14-15(22)20-17(24)21-16(14)23/h10-13H,6-9H2,1-5H3,(H2,20,21,23,24)/t11?,12-,13-/m1/s1. The molecule has 0 bridgehead atoms. The topological polar surface area (TPSA) is 111 Å². The number of H-pyrrole nitrogens is 1. The Morgan fingerprint density at radius 1 is 1.41 bits per heavy atom. The minimum absolute atomic E-state index is 0.0439. The summed E-state index contributed by atoms with van der Waals surface area (Å²) < 4.78 is 19.1. The second-order valence-electron chi connectivity index (χ2n) is 9.40. The minimum atomic E-state index is -2.08. The van der Waals surface area contributed by atoms with Crippen molar-refractivity contribution in [2.45, 2.75) is 63.8 Å². The first-order valence-corrected chi connectivity index (χ1v) is 19.2. The molecule has 0 radical (unpaired) electrons. The number of nitrogens with one attached hydrogen (secondary N) is 1. The van der Waals surface area contributed by atoms with Gasteiger partial charge in [-0.1, -0.05) is 43.5 Å². The fourth-order valence-electron chi connectivity index (χ4n) is 3.40. The molecular weight excluding hydrogens is 507 g/mol. The second-order valence-corrected chi connectivity index (χ2v) is 24.9. The van der Waals surface area contributed by atoms with Gasteiger partial charge in [-0.25, -0.2) is 4.98 Å². The molecule has 2 aliphatic heterocycles. The summed E-state index contributed by atoms with van der Waals surface area (Å²) in [6.45, 7) is 11.4. The van der Waals surface area contributed by atoms with E-state index in [-0.39, 0.29) is 28.4 Å². The van der Waals surface area contributed by atoms with Crippen molar-refractivity contribution in [1.82, 2.24) is 19.5 Å². The lowest BCUT2D eigenvalue weighted by atomic mass is 10.2. The van der Waals surface area contributed by atoms with Crippen molar-refractivity contribution >= 4 is 58.7 Å². The predicted molar refractivity (Wildman–Crippen MR) is 136 cm³/mol. The van der Waals surface area contributed by atoms with Gasteiger partial charge >= 0.3 is 0 Å². The van der Waals surface area contributed by atoms with Crippen LogP contribution in [0.5, 0.6) is 6.01 Å². The number of nitrogens with zero attached hydrogens (tertiary/aromatic N) is 3. The molecule has 14 heteroatoms. The number of rotatable bonds is 6. The normalized spacial score (nSPS) is 26.2. The number of ether oxygens (including phenoxy) is 1. The van der Waals surface area contributed by atoms with Gasteiger partial charge in [0.1, 0.15) is 12.3 Å². The van der Waals surface area contributed by atoms with Crippen molar-refractivity contribution in [2.24, 2.45) is 0 Å². The quantitative estimate of drug-likeness (QED) is 0.411. The third-order valence-corrected chi connectivity index (χ3v) is 20.5. The predicted octanol–water partition coefficient (Wildman–Crippen LogP) is 4.22. The molecule has 32 heavy (non-hydrogen) atoms. The van der Waals surface area contributed by atoms with Gasteiger partial charge in [-0.3, -0.25) is 14.3 Å². The van der Waals surface area contributed by atoms with Crippen molar-refractivity contribution in [3.63, 3.8) is 0 Å². The van der Waals surface area contributed by atoms with E-state index in [1.807, 2.05) is 0 Å². The van der Waals surface area contributed by atoms with Crippen LogP contribution in [0.15, 0.2) is 11.1 Å². The van der Waals surface area contributed by atoms with Crippen LogP contribution in [-0.4, -0.2) is 63.3 Å². The van der Waals surface area contributed by atoms with E-state index in [9.17, 15) is 9.90 Å². The molecule has 2 aromatic heterocycles. The summed E-state index contributed by atoms with van der Waals surface area (Å²) in [4.78, 5) is 22.6. The van der Waals surface area contributed by atoms with Gasteiger partial charge in [0.05, 0.1) is 19.0 Å². The highest BCUT2D eigenvalue weighted by Crippen LogP contribution is 2.74. The van der Waals surface area contributed by atoms with Gasteiger partial charge in [-0.05, 0) is 29.9 Å². The molecule has 4 heterocycles. The first-order valence-electron chi connectivity index (χ1n) is 10.4. The van der Waals surface area contributed by atoms with Gasteiger partial charge in [0, 0.05) is 17.9 Å². The molecule has 0 aliphatic carbocycles. The van der Waals surface area contributed by atoms with Gasteiger partial charge in [0.15, 0.2) is 24.1 Å². The Morgan fingerprint density at radius 3 is 2.75 bits per heavy atom. The van der Waals surface area contributed by atoms with Crippen LogP contribution in [0.25, 0.3) is 11.2 Å². The summed E-state index contributed by atoms with van der Waals surface area (Å²) in [5.41, 5.74) is -0.0634. The van der Waals surface area contributed by atoms with Gasteiger partial charge < -0.3 is 18.8 Å². The smallest absolute Gasteiger partial charge is 0.296 e. The van der Waals surface area contributed by atoms with Crippen molar-refractivity contribution in [1.29, 1.82) is 0 Å². The number of hydrogen-bond acceptors (Lipinski definition) is 10. The Labute approximate surface area is 201 Å². The zero-order chi connectivity index (χ0) is 23.3. The molecule has 1 unspecified atom stereocenters. The molecule has 4 rings (SSSR count). The molecule has 0 saturated carbocycles. The summed E-state index contributed by atoms with van der Waals surface area (Å²) in [5, 5.41) is 9.82. The molecule has 2 saturated heterocycles. The summed E-state index contributed by atoms with van der Waals surface area (Å²) >= 11 is 9.22. The highest BCUT2D eigenvalue weighted by Gasteiger charge is 2.46. The molecule has 0 amide bonds. The minimum Gasteiger partial charge on any atom is -0.480 e. The monoisotopic (exact) mass is 536 g/mol. The number of aromatic nitrogens is 4. The molecule has 9 nitrogen and oxygen atoms in total. The van der Waals surface area contributed by atoms with E-state index < -0.39 is 30.8 Å². The first-order chi connectivity index (χ1) is 14.9. The fraction of sp³-hybridized carbons (Fsp3) is 0.722. The zero-order valence-corrected chi connectivity index (χ0v) is 23.1. The van der Waals surface area contributed by atoms with Crippen LogP contribution >= 0.6 is 27.4 Å². The summed E-state index contributed by atoms with van der Waals surface area (Å²) in [6.07, 6.45) is 1.15. The Bertz CT molecular complexity index is 1090. The zero-order valence-electron chi connectivity index (χ0n) is 18.7. The van der Waals surface area contributed by atoms with Crippen LogP contribution in [0.4, 0.5) is 0 Å². The highest BCUT2D eigenvalue weighted by atomic mass is 33.2. The largest absolute Gasteiger partial charge is 0.480 e. The Kier molecular flexibility index (Phi) is 6.94. The van der Waals surface area contributed by atoms with Crippen LogP contribution in [0.2, 0.25) is 18.1 Å². The lowest BCUT2D eigenvalue weighted by Crippen LogP contribution is -2.46. The SMILES string of the molecule is CC(C)(C)[Si](C)(C)OC1C[C@H](n2cnc3c(=O)[nH]c(O)nc32)O[C@@H]1COP1(=S)SCCS1. The van der Waals surface area contributed by atoms with Crippen molar-refractivity contribution < 1.29 is 18.8 Å². The van der Waals surface area contributed by atoms with E-state index in [2.05, 4.69) is 48.8 Å². The van der Waals surface area contributed by atoms with Crippen molar-refractivity contribution in [3.8, 4) is 6.01 Å². The maximum Gasteiger partial charge on any atom is 0.296 e. The summed E-state index contributed by atoms with van der Waals surface area (Å²) in [6, 6.07) is -0.454. The molecule has 2 N–H and O–H groups in total. The lowest BCUT2D eigenvalue weighted by Gasteiger charge is -2.39. The lowest BCUT2D eigenvalue weighted by molar-refractivity contribution is -0.0336. The van der Waals surface area contributed by atoms with Crippen molar-refractivity contribution in [2.75, 3.05) is 18.1 Å². The van der Waals surface area contributed by atoms with Crippen molar-refractivity contribution in [3.05, 3.63) is 16.7 Å². The van der Waals surface area contributed by atoms with E-state index in [4.69, 9.17) is 25.5 Å². The van der Waals surface area contributed by atoms with Crippen LogP contribution in [0.1, 0.15) is 33.4 Å². The number of fused-ring (bicyclic) bond motifs is 1. The first kappa shape index (κ1) is 24.7. The number of imidazole rings is 1. The molecule has 2 aliphatic rings. The van der Waals surface area contributed by atoms with Gasteiger partial charge in [0.2, 0.25) is 0 Å². The highest BCUT2D eigenvalue weighted by molar-refractivity contribution is 9.00. The molecule has 3 atom stereocenters. The number of hydrogen-bond donors (Lipinski definition) is 2. The summed E-state index contributed by atoms with van der Waals surface area (Å²) in [7, 11) is -2.08. The summed E-state index contributed by atoms with van der Waals surface area (Å²) in [5.74, 6) is 2.04. The van der Waals surface area contributed by atoms with E-state index in [0.717, 1.165) is 11.5 Å². The van der Waals surface area contributed by atoms with Crippen LogP contribution in [0, 0.1) is 0 Å². The van der Waals surface area contributed by atoms with Gasteiger partial charge in [-0.15, -0.1) is 0 Å². The Balaban J connectivity index is 1.60. The van der Waals surface area contributed by atoms with Gasteiger partial charge in [-0.2, -0.15) is 4.98 Å². The average Bonchev–Trinajstić information content (AvgIpc) is 3.38. The fourth-order valence-corrected chi connectivity index (χ4v) is 13.6. The number of aromatic amines is 1. The van der Waals surface area contributed by atoms with E-state index in [1.54, 1.807) is 27.3 Å². The molecule has 2 fully saturated rings. The number of aromatic hydroxyl groups is 1.